The first kappa shape index (κ1) is 16.4. The van der Waals surface area contributed by atoms with Gasteiger partial charge in [-0.1, -0.05) is 20.8 Å². The average Bonchev–Trinajstić information content (AvgIpc) is 1.92. The van der Waals surface area contributed by atoms with Gasteiger partial charge in [-0.2, -0.15) is 0 Å². The number of carboxylic acid groups (broad SMARTS) is 3. The zero-order chi connectivity index (χ0) is 14.6. The second kappa shape index (κ2) is 5.84. The highest BCUT2D eigenvalue weighted by atomic mass is 16.4. The fourth-order valence-electron chi connectivity index (χ4n) is 2.46. The highest BCUT2D eigenvalue weighted by Crippen LogP contribution is 2.42. The van der Waals surface area contributed by atoms with Gasteiger partial charge < -0.3 is 15.3 Å². The molecular weight excluding hydrogens is 240 g/mol. The number of carbonyl (C=O) groups is 3. The van der Waals surface area contributed by atoms with Crippen molar-refractivity contribution in [3.05, 3.63) is 0 Å². The van der Waals surface area contributed by atoms with Crippen LogP contribution in [0.4, 0.5) is 0 Å². The van der Waals surface area contributed by atoms with Crippen LogP contribution >= 0.6 is 0 Å². The fourth-order valence-corrected chi connectivity index (χ4v) is 2.46. The number of hydrogen-bond donors (Lipinski definition) is 3. The first-order chi connectivity index (χ1) is 7.96. The summed E-state index contributed by atoms with van der Waals surface area (Å²) in [6.07, 6.45) is -1.14. The molecule has 0 spiro atoms. The zero-order valence-corrected chi connectivity index (χ0v) is 10.9. The van der Waals surface area contributed by atoms with E-state index in [0.717, 1.165) is 0 Å². The minimum absolute atomic E-state index is 0.227. The van der Waals surface area contributed by atoms with E-state index in [2.05, 4.69) is 0 Å². The largest absolute Gasteiger partial charge is 0.481 e. The molecule has 3 N–H and O–H groups in total. The maximum absolute atomic E-state index is 10.9. The standard InChI is InChI=1S/C12H20O6/c1-11(2,3)7-12(4-8(13)14,5-9(15)16)6-10(17)18/h4-7H2,1-3H3,(H,13,14)(H,15,16)(H,17,18). The Morgan fingerprint density at radius 2 is 1.06 bits per heavy atom. The van der Waals surface area contributed by atoms with Crippen LogP contribution in [0.1, 0.15) is 46.5 Å². The van der Waals surface area contributed by atoms with Gasteiger partial charge in [0.05, 0.1) is 19.3 Å². The van der Waals surface area contributed by atoms with Crippen LogP contribution in [0.15, 0.2) is 0 Å². The number of carboxylic acids is 3. The summed E-state index contributed by atoms with van der Waals surface area (Å²) in [6, 6.07) is 0. The summed E-state index contributed by atoms with van der Waals surface area (Å²) >= 11 is 0. The molecular formula is C12H20O6. The first-order valence-electron chi connectivity index (χ1n) is 5.61. The van der Waals surface area contributed by atoms with Gasteiger partial charge in [-0.25, -0.2) is 0 Å². The number of hydrogen-bond acceptors (Lipinski definition) is 3. The first-order valence-corrected chi connectivity index (χ1v) is 5.61. The quantitative estimate of drug-likeness (QED) is 0.643. The van der Waals surface area contributed by atoms with Gasteiger partial charge in [0, 0.05) is 5.41 Å². The Bertz CT molecular complexity index is 298. The molecule has 0 saturated heterocycles. The van der Waals surface area contributed by atoms with E-state index in [1.807, 2.05) is 20.8 Å². The molecule has 0 aliphatic rings. The van der Waals surface area contributed by atoms with Crippen molar-refractivity contribution >= 4 is 17.9 Å². The van der Waals surface area contributed by atoms with Crippen LogP contribution in [0.2, 0.25) is 0 Å². The molecule has 6 nitrogen and oxygen atoms in total. The molecule has 0 aromatic carbocycles. The summed E-state index contributed by atoms with van der Waals surface area (Å²) in [5.74, 6) is -3.54. The second-order valence-electron chi connectivity index (χ2n) is 5.95. The van der Waals surface area contributed by atoms with Crippen LogP contribution in [0.3, 0.4) is 0 Å². The molecule has 0 aromatic rings. The summed E-state index contributed by atoms with van der Waals surface area (Å²) < 4.78 is 0. The molecule has 0 atom stereocenters. The lowest BCUT2D eigenvalue weighted by Gasteiger charge is -2.35. The van der Waals surface area contributed by atoms with Crippen molar-refractivity contribution in [2.75, 3.05) is 0 Å². The van der Waals surface area contributed by atoms with Crippen molar-refractivity contribution in [1.82, 2.24) is 0 Å². The van der Waals surface area contributed by atoms with Gasteiger partial charge in [0.25, 0.3) is 0 Å². The Labute approximate surface area is 106 Å². The molecule has 104 valence electrons. The van der Waals surface area contributed by atoms with Crippen molar-refractivity contribution in [3.63, 3.8) is 0 Å². The minimum atomic E-state index is -1.25. The third kappa shape index (κ3) is 6.88. The SMILES string of the molecule is CC(C)(C)CC(CC(=O)O)(CC(=O)O)CC(=O)O. The molecule has 0 bridgehead atoms. The molecule has 0 rings (SSSR count). The molecule has 0 unspecified atom stereocenters. The van der Waals surface area contributed by atoms with Crippen molar-refractivity contribution in [3.8, 4) is 0 Å². The van der Waals surface area contributed by atoms with Crippen molar-refractivity contribution < 1.29 is 29.7 Å². The Morgan fingerprint density at radius 3 is 1.22 bits per heavy atom. The van der Waals surface area contributed by atoms with Crippen LogP contribution in [0.25, 0.3) is 0 Å². The third-order valence-corrected chi connectivity index (χ3v) is 2.48. The van der Waals surface area contributed by atoms with Gasteiger partial charge in [-0.3, -0.25) is 14.4 Å². The predicted molar refractivity (Wildman–Crippen MR) is 63.3 cm³/mol. The van der Waals surface area contributed by atoms with Crippen LogP contribution in [0.5, 0.6) is 0 Å². The lowest BCUT2D eigenvalue weighted by atomic mass is 9.68. The summed E-state index contributed by atoms with van der Waals surface area (Å²) in [6.45, 7) is 5.48. The minimum Gasteiger partial charge on any atom is -0.481 e. The summed E-state index contributed by atoms with van der Waals surface area (Å²) in [7, 11) is 0. The maximum Gasteiger partial charge on any atom is 0.303 e. The van der Waals surface area contributed by atoms with E-state index in [-0.39, 0.29) is 11.8 Å². The van der Waals surface area contributed by atoms with Gasteiger partial charge in [-0.05, 0) is 11.8 Å². The monoisotopic (exact) mass is 260 g/mol. The van der Waals surface area contributed by atoms with E-state index in [0.29, 0.717) is 0 Å². The lowest BCUT2D eigenvalue weighted by molar-refractivity contribution is -0.148. The van der Waals surface area contributed by atoms with Crippen molar-refractivity contribution in [2.45, 2.75) is 46.5 Å². The Morgan fingerprint density at radius 1 is 0.778 bits per heavy atom. The zero-order valence-electron chi connectivity index (χ0n) is 10.9. The van der Waals surface area contributed by atoms with Crippen LogP contribution in [0, 0.1) is 10.8 Å². The second-order valence-corrected chi connectivity index (χ2v) is 5.95. The highest BCUT2D eigenvalue weighted by Gasteiger charge is 2.40. The maximum atomic E-state index is 10.9. The molecule has 0 heterocycles. The molecule has 0 fully saturated rings. The van der Waals surface area contributed by atoms with Gasteiger partial charge in [0.2, 0.25) is 0 Å². The molecule has 0 saturated carbocycles. The van der Waals surface area contributed by atoms with E-state index in [4.69, 9.17) is 15.3 Å². The van der Waals surface area contributed by atoms with Gasteiger partial charge in [0.1, 0.15) is 0 Å². The predicted octanol–water partition coefficient (Wildman–Crippen LogP) is 1.83. The number of rotatable bonds is 7. The number of aliphatic carboxylic acids is 3. The lowest BCUT2D eigenvalue weighted by Crippen LogP contribution is -2.34. The Hall–Kier alpha value is -1.59. The van der Waals surface area contributed by atoms with E-state index in [9.17, 15) is 14.4 Å². The summed E-state index contributed by atoms with van der Waals surface area (Å²) in [5.41, 5.74) is -1.60. The third-order valence-electron chi connectivity index (χ3n) is 2.48. The molecule has 0 aliphatic heterocycles. The average molecular weight is 260 g/mol. The van der Waals surface area contributed by atoms with Crippen LogP contribution in [-0.4, -0.2) is 33.2 Å². The molecule has 18 heavy (non-hydrogen) atoms. The van der Waals surface area contributed by atoms with E-state index in [1.54, 1.807) is 0 Å². The van der Waals surface area contributed by atoms with E-state index < -0.39 is 42.6 Å². The summed E-state index contributed by atoms with van der Waals surface area (Å²) in [4.78, 5) is 32.6. The molecule has 0 amide bonds. The normalized spacial score (nSPS) is 12.2. The van der Waals surface area contributed by atoms with Crippen molar-refractivity contribution in [1.29, 1.82) is 0 Å². The van der Waals surface area contributed by atoms with Gasteiger partial charge >= 0.3 is 17.9 Å². The topological polar surface area (TPSA) is 112 Å². The molecule has 0 aromatic heterocycles. The van der Waals surface area contributed by atoms with E-state index in [1.165, 1.54) is 0 Å². The van der Waals surface area contributed by atoms with Gasteiger partial charge in [0.15, 0.2) is 0 Å². The molecule has 6 heteroatoms. The van der Waals surface area contributed by atoms with Crippen LogP contribution < -0.4 is 0 Å². The molecule has 0 radical (unpaired) electrons. The van der Waals surface area contributed by atoms with Crippen molar-refractivity contribution in [2.24, 2.45) is 10.8 Å². The van der Waals surface area contributed by atoms with Gasteiger partial charge in [-0.15, -0.1) is 0 Å². The Balaban J connectivity index is 5.29. The van der Waals surface area contributed by atoms with Crippen LogP contribution in [-0.2, 0) is 14.4 Å². The molecule has 0 aliphatic carbocycles. The fraction of sp³-hybridized carbons (Fsp3) is 0.750. The summed E-state index contributed by atoms with van der Waals surface area (Å²) in [5, 5.41) is 26.7. The smallest absolute Gasteiger partial charge is 0.303 e. The highest BCUT2D eigenvalue weighted by molar-refractivity contribution is 5.75. The Kier molecular flexibility index (Phi) is 5.32. The van der Waals surface area contributed by atoms with E-state index >= 15 is 0 Å².